The van der Waals surface area contributed by atoms with Gasteiger partial charge in [-0.3, -0.25) is 4.99 Å². The summed E-state index contributed by atoms with van der Waals surface area (Å²) in [6.45, 7) is 5.08. The molecule has 0 aliphatic carbocycles. The highest BCUT2D eigenvalue weighted by Crippen LogP contribution is 2.30. The molecule has 16 heavy (non-hydrogen) atoms. The zero-order chi connectivity index (χ0) is 11.7. The van der Waals surface area contributed by atoms with Gasteiger partial charge in [-0.2, -0.15) is 0 Å². The van der Waals surface area contributed by atoms with Crippen LogP contribution in [0.2, 0.25) is 5.02 Å². The molecule has 1 aliphatic heterocycles. The Morgan fingerprint density at radius 2 is 2.12 bits per heavy atom. The predicted molar refractivity (Wildman–Crippen MR) is 69.0 cm³/mol. The molecule has 0 fully saturated rings. The van der Waals surface area contributed by atoms with Crippen LogP contribution in [0.5, 0.6) is 0 Å². The largest absolute Gasteiger partial charge is 0.370 e. The first-order valence-electron chi connectivity index (χ1n) is 5.45. The van der Waals surface area contributed by atoms with Gasteiger partial charge in [-0.1, -0.05) is 37.6 Å². The number of hydrogen-bond donors (Lipinski definition) is 1. The minimum Gasteiger partial charge on any atom is -0.370 e. The lowest BCUT2D eigenvalue weighted by atomic mass is 10.0. The molecule has 0 saturated carbocycles. The molecule has 0 radical (unpaired) electrons. The van der Waals surface area contributed by atoms with Gasteiger partial charge >= 0.3 is 0 Å². The van der Waals surface area contributed by atoms with Gasteiger partial charge in [0.15, 0.2) is 5.96 Å². The fourth-order valence-corrected chi connectivity index (χ4v) is 2.20. The van der Waals surface area contributed by atoms with E-state index in [-0.39, 0.29) is 0 Å². The van der Waals surface area contributed by atoms with Crippen molar-refractivity contribution in [3.63, 3.8) is 0 Å². The highest BCUT2D eigenvalue weighted by molar-refractivity contribution is 6.33. The van der Waals surface area contributed by atoms with Gasteiger partial charge in [0.25, 0.3) is 0 Å². The second-order valence-corrected chi connectivity index (χ2v) is 4.74. The Morgan fingerprint density at radius 3 is 2.75 bits per heavy atom. The molecule has 1 heterocycles. The number of guanidine groups is 1. The quantitative estimate of drug-likeness (QED) is 0.859. The van der Waals surface area contributed by atoms with Gasteiger partial charge in [-0.25, -0.2) is 0 Å². The SMILES string of the molecule is CC(C)C1CN=C(N)N1c1ccccc1Cl. The summed E-state index contributed by atoms with van der Waals surface area (Å²) >= 11 is 6.19. The van der Waals surface area contributed by atoms with Crippen molar-refractivity contribution < 1.29 is 0 Å². The summed E-state index contributed by atoms with van der Waals surface area (Å²) in [5.41, 5.74) is 6.87. The fourth-order valence-electron chi connectivity index (χ4n) is 1.97. The van der Waals surface area contributed by atoms with Gasteiger partial charge < -0.3 is 10.6 Å². The third-order valence-corrected chi connectivity index (χ3v) is 3.22. The summed E-state index contributed by atoms with van der Waals surface area (Å²) in [5.74, 6) is 1.05. The third-order valence-electron chi connectivity index (χ3n) is 2.90. The lowest BCUT2D eigenvalue weighted by molar-refractivity contribution is 0.517. The summed E-state index contributed by atoms with van der Waals surface area (Å²) in [4.78, 5) is 6.33. The minimum atomic E-state index is 0.305. The van der Waals surface area contributed by atoms with Crippen LogP contribution in [0, 0.1) is 5.92 Å². The van der Waals surface area contributed by atoms with E-state index in [0.717, 1.165) is 12.2 Å². The monoisotopic (exact) mass is 237 g/mol. The van der Waals surface area contributed by atoms with E-state index in [9.17, 15) is 0 Å². The van der Waals surface area contributed by atoms with E-state index in [1.54, 1.807) is 0 Å². The van der Waals surface area contributed by atoms with E-state index in [2.05, 4.69) is 18.8 Å². The van der Waals surface area contributed by atoms with Crippen LogP contribution in [0.15, 0.2) is 29.3 Å². The molecule has 1 aromatic carbocycles. The Kier molecular flexibility index (Phi) is 3.06. The number of halogens is 1. The Balaban J connectivity index is 2.38. The number of benzene rings is 1. The molecule has 0 aromatic heterocycles. The van der Waals surface area contributed by atoms with Gasteiger partial charge in [-0.15, -0.1) is 0 Å². The molecule has 0 bridgehead atoms. The molecule has 1 unspecified atom stereocenters. The van der Waals surface area contributed by atoms with Crippen LogP contribution in [0.3, 0.4) is 0 Å². The first-order valence-corrected chi connectivity index (χ1v) is 5.82. The molecule has 0 spiro atoms. The van der Waals surface area contributed by atoms with Crippen LogP contribution in [0.25, 0.3) is 0 Å². The summed E-state index contributed by atoms with van der Waals surface area (Å²) in [6, 6.07) is 8.04. The van der Waals surface area contributed by atoms with Crippen molar-refractivity contribution in [3.8, 4) is 0 Å². The summed E-state index contributed by atoms with van der Waals surface area (Å²) in [5, 5.41) is 0.716. The number of anilines is 1. The van der Waals surface area contributed by atoms with Crippen LogP contribution >= 0.6 is 11.6 Å². The van der Waals surface area contributed by atoms with E-state index in [1.165, 1.54) is 0 Å². The Morgan fingerprint density at radius 1 is 1.44 bits per heavy atom. The first-order chi connectivity index (χ1) is 7.61. The molecule has 1 aliphatic rings. The molecular formula is C12H16ClN3. The number of aliphatic imine (C=N–C) groups is 1. The molecule has 3 nitrogen and oxygen atoms in total. The summed E-state index contributed by atoms with van der Waals surface area (Å²) in [7, 11) is 0. The number of nitrogens with zero attached hydrogens (tertiary/aromatic N) is 2. The average molecular weight is 238 g/mol. The molecular weight excluding hydrogens is 222 g/mol. The number of nitrogens with two attached hydrogens (primary N) is 1. The number of rotatable bonds is 2. The van der Waals surface area contributed by atoms with Crippen LogP contribution in [-0.2, 0) is 0 Å². The van der Waals surface area contributed by atoms with Crippen molar-refractivity contribution in [2.45, 2.75) is 19.9 Å². The van der Waals surface area contributed by atoms with Crippen molar-refractivity contribution >= 4 is 23.2 Å². The first kappa shape index (κ1) is 11.3. The van der Waals surface area contributed by atoms with Gasteiger partial charge in [0.05, 0.1) is 23.3 Å². The molecule has 4 heteroatoms. The van der Waals surface area contributed by atoms with E-state index < -0.39 is 0 Å². The van der Waals surface area contributed by atoms with Crippen LogP contribution in [-0.4, -0.2) is 18.5 Å². The predicted octanol–water partition coefficient (Wildman–Crippen LogP) is 2.50. The van der Waals surface area contributed by atoms with Crippen molar-refractivity contribution in [1.29, 1.82) is 0 Å². The average Bonchev–Trinajstić information content (AvgIpc) is 2.61. The zero-order valence-electron chi connectivity index (χ0n) is 9.52. The smallest absolute Gasteiger partial charge is 0.196 e. The van der Waals surface area contributed by atoms with E-state index >= 15 is 0 Å². The lowest BCUT2D eigenvalue weighted by Crippen LogP contribution is -2.43. The minimum absolute atomic E-state index is 0.305. The zero-order valence-corrected chi connectivity index (χ0v) is 10.3. The third kappa shape index (κ3) is 1.87. The van der Waals surface area contributed by atoms with Crippen LogP contribution in [0.4, 0.5) is 5.69 Å². The maximum absolute atomic E-state index is 6.19. The van der Waals surface area contributed by atoms with E-state index in [1.807, 2.05) is 29.2 Å². The summed E-state index contributed by atoms with van der Waals surface area (Å²) < 4.78 is 0. The molecule has 86 valence electrons. The van der Waals surface area contributed by atoms with Crippen LogP contribution in [0.1, 0.15) is 13.8 Å². The molecule has 0 amide bonds. The van der Waals surface area contributed by atoms with Gasteiger partial charge in [0.1, 0.15) is 0 Å². The van der Waals surface area contributed by atoms with Crippen molar-refractivity contribution in [3.05, 3.63) is 29.3 Å². The lowest BCUT2D eigenvalue weighted by Gasteiger charge is -2.29. The second-order valence-electron chi connectivity index (χ2n) is 4.33. The van der Waals surface area contributed by atoms with Crippen molar-refractivity contribution in [1.82, 2.24) is 0 Å². The topological polar surface area (TPSA) is 41.6 Å². The highest BCUT2D eigenvalue weighted by atomic mass is 35.5. The molecule has 2 N–H and O–H groups in total. The molecule has 1 aromatic rings. The van der Waals surface area contributed by atoms with E-state index in [4.69, 9.17) is 17.3 Å². The van der Waals surface area contributed by atoms with E-state index in [0.29, 0.717) is 22.9 Å². The highest BCUT2D eigenvalue weighted by Gasteiger charge is 2.30. The second kappa shape index (κ2) is 4.34. The maximum Gasteiger partial charge on any atom is 0.196 e. The van der Waals surface area contributed by atoms with Gasteiger partial charge in [0, 0.05) is 0 Å². The Hall–Kier alpha value is -1.22. The normalized spacial score (nSPS) is 20.4. The van der Waals surface area contributed by atoms with Crippen molar-refractivity contribution in [2.75, 3.05) is 11.4 Å². The Bertz CT molecular complexity index is 414. The Labute approximate surface area is 101 Å². The fraction of sp³-hybridized carbons (Fsp3) is 0.417. The maximum atomic E-state index is 6.19. The molecule has 0 saturated heterocycles. The molecule has 1 atom stereocenters. The van der Waals surface area contributed by atoms with Crippen molar-refractivity contribution in [2.24, 2.45) is 16.6 Å². The van der Waals surface area contributed by atoms with Crippen LogP contribution < -0.4 is 10.6 Å². The van der Waals surface area contributed by atoms with Gasteiger partial charge in [0.2, 0.25) is 0 Å². The standard InChI is InChI=1S/C12H16ClN3/c1-8(2)11-7-15-12(14)16(11)10-6-4-3-5-9(10)13/h3-6,8,11H,7H2,1-2H3,(H2,14,15). The number of hydrogen-bond acceptors (Lipinski definition) is 3. The molecule has 2 rings (SSSR count). The van der Waals surface area contributed by atoms with Gasteiger partial charge in [-0.05, 0) is 18.1 Å². The summed E-state index contributed by atoms with van der Waals surface area (Å²) in [6.07, 6.45) is 0. The number of para-hydroxylation sites is 1.